The number of imidazole rings is 1. The van der Waals surface area contributed by atoms with Gasteiger partial charge in [-0.15, -0.1) is 0 Å². The standard InChI is InChI=1S/C35H31Cl4N4/c1-3-40-30-18-26(36)28(38)20-32(30)42(22-24-12-7-5-8-13-24)34(40)16-11-17-35-41(4-2)31-19-27(37)29(39)21-33(31)43(35)23-25-14-9-6-10-15-25/h5-21H,3-4,22-23H2,1-2H3/q+1. The smallest absolute Gasteiger partial charge is 0.282 e. The maximum Gasteiger partial charge on any atom is 0.282 e. The van der Waals surface area contributed by atoms with Crippen molar-refractivity contribution < 1.29 is 4.57 Å². The number of benzene rings is 4. The van der Waals surface area contributed by atoms with E-state index in [4.69, 9.17) is 46.4 Å². The summed E-state index contributed by atoms with van der Waals surface area (Å²) in [4.78, 5) is 4.57. The van der Waals surface area contributed by atoms with E-state index in [9.17, 15) is 0 Å². The number of anilines is 2. The molecular weight excluding hydrogens is 618 g/mol. The number of rotatable bonds is 8. The summed E-state index contributed by atoms with van der Waals surface area (Å²) in [5.74, 6) is 2.10. The molecule has 8 heteroatoms. The Morgan fingerprint density at radius 3 is 1.88 bits per heavy atom. The van der Waals surface area contributed by atoms with E-state index >= 15 is 0 Å². The molecule has 0 aliphatic carbocycles. The van der Waals surface area contributed by atoms with Crippen LogP contribution in [0.5, 0.6) is 0 Å². The van der Waals surface area contributed by atoms with Gasteiger partial charge in [0, 0.05) is 31.3 Å². The lowest BCUT2D eigenvalue weighted by atomic mass is 10.2. The van der Waals surface area contributed by atoms with Gasteiger partial charge >= 0.3 is 0 Å². The van der Waals surface area contributed by atoms with Gasteiger partial charge < -0.3 is 9.80 Å². The van der Waals surface area contributed by atoms with E-state index in [-0.39, 0.29) is 0 Å². The van der Waals surface area contributed by atoms with Crippen molar-refractivity contribution in [3.05, 3.63) is 140 Å². The minimum atomic E-state index is 0.540. The van der Waals surface area contributed by atoms with Crippen molar-refractivity contribution in [1.82, 2.24) is 4.57 Å². The predicted molar refractivity (Wildman–Crippen MR) is 183 cm³/mol. The zero-order valence-corrected chi connectivity index (χ0v) is 27.0. The predicted octanol–water partition coefficient (Wildman–Crippen LogP) is 10.0. The molecule has 6 rings (SSSR count). The second-order valence-corrected chi connectivity index (χ2v) is 12.0. The van der Waals surface area contributed by atoms with E-state index in [0.29, 0.717) is 33.2 Å². The fourth-order valence-corrected chi connectivity index (χ4v) is 6.44. The molecule has 43 heavy (non-hydrogen) atoms. The molecule has 1 aliphatic heterocycles. The molecule has 2 heterocycles. The minimum absolute atomic E-state index is 0.540. The zero-order chi connectivity index (χ0) is 30.1. The summed E-state index contributed by atoms with van der Waals surface area (Å²) in [6, 6.07) is 28.7. The van der Waals surface area contributed by atoms with Crippen molar-refractivity contribution >= 4 is 74.9 Å². The van der Waals surface area contributed by atoms with Crippen molar-refractivity contribution in [2.75, 3.05) is 16.3 Å². The number of aryl methyl sites for hydroxylation is 1. The van der Waals surface area contributed by atoms with Gasteiger partial charge in [-0.05, 0) is 43.2 Å². The molecule has 0 radical (unpaired) electrons. The minimum Gasteiger partial charge on any atom is -0.326 e. The molecule has 0 atom stereocenters. The lowest BCUT2D eigenvalue weighted by Crippen LogP contribution is -2.37. The lowest BCUT2D eigenvalue weighted by Gasteiger charge is -2.24. The van der Waals surface area contributed by atoms with Crippen LogP contribution in [0.4, 0.5) is 11.4 Å². The average molecular weight is 649 g/mol. The molecule has 0 unspecified atom stereocenters. The van der Waals surface area contributed by atoms with E-state index in [0.717, 1.165) is 47.1 Å². The largest absolute Gasteiger partial charge is 0.326 e. The normalized spacial score (nSPS) is 14.0. The summed E-state index contributed by atoms with van der Waals surface area (Å²) in [6.45, 7) is 7.23. The number of hydrogen-bond donors (Lipinski definition) is 0. The first-order valence-corrected chi connectivity index (χ1v) is 15.8. The van der Waals surface area contributed by atoms with Gasteiger partial charge in [0.05, 0.1) is 38.0 Å². The van der Waals surface area contributed by atoms with Crippen LogP contribution in [-0.2, 0) is 19.6 Å². The zero-order valence-electron chi connectivity index (χ0n) is 23.9. The number of aromatic nitrogens is 2. The van der Waals surface area contributed by atoms with Crippen molar-refractivity contribution in [3.63, 3.8) is 0 Å². The fraction of sp³-hybridized carbons (Fsp3) is 0.171. The Kier molecular flexibility index (Phi) is 8.74. The van der Waals surface area contributed by atoms with Crippen molar-refractivity contribution in [3.8, 4) is 0 Å². The molecule has 0 bridgehead atoms. The number of nitrogens with zero attached hydrogens (tertiary/aromatic N) is 4. The van der Waals surface area contributed by atoms with Crippen LogP contribution in [0, 0.1) is 0 Å². The molecule has 0 saturated heterocycles. The van der Waals surface area contributed by atoms with Crippen molar-refractivity contribution in [2.45, 2.75) is 33.5 Å². The summed E-state index contributed by atoms with van der Waals surface area (Å²) < 4.78 is 4.57. The summed E-state index contributed by atoms with van der Waals surface area (Å²) in [5.41, 5.74) is 6.55. The summed E-state index contributed by atoms with van der Waals surface area (Å²) in [5, 5.41) is 2.17. The molecule has 0 spiro atoms. The van der Waals surface area contributed by atoms with E-state index in [1.54, 1.807) is 0 Å². The Labute approximate surface area is 272 Å². The highest BCUT2D eigenvalue weighted by atomic mass is 35.5. The topological polar surface area (TPSA) is 15.3 Å². The van der Waals surface area contributed by atoms with Gasteiger partial charge in [-0.1, -0.05) is 113 Å². The van der Waals surface area contributed by atoms with E-state index in [1.807, 2.05) is 36.4 Å². The highest BCUT2D eigenvalue weighted by Gasteiger charge is 2.31. The molecule has 5 aromatic rings. The summed E-state index contributed by atoms with van der Waals surface area (Å²) in [7, 11) is 0. The number of fused-ring (bicyclic) bond motifs is 2. The lowest BCUT2D eigenvalue weighted by molar-refractivity contribution is -0.665. The summed E-state index contributed by atoms with van der Waals surface area (Å²) >= 11 is 26.0. The van der Waals surface area contributed by atoms with Crippen LogP contribution < -0.4 is 14.4 Å². The third-order valence-corrected chi connectivity index (χ3v) is 9.24. The average Bonchev–Trinajstić information content (AvgIpc) is 3.44. The maximum atomic E-state index is 6.53. The Morgan fingerprint density at radius 1 is 0.674 bits per heavy atom. The van der Waals surface area contributed by atoms with Gasteiger partial charge in [0.1, 0.15) is 12.4 Å². The second kappa shape index (κ2) is 12.7. The molecule has 218 valence electrons. The van der Waals surface area contributed by atoms with Crippen LogP contribution in [0.2, 0.25) is 20.1 Å². The quantitative estimate of drug-likeness (QED) is 0.156. The molecule has 1 aliphatic rings. The highest BCUT2D eigenvalue weighted by molar-refractivity contribution is 6.43. The number of hydrogen-bond acceptors (Lipinski definition) is 2. The van der Waals surface area contributed by atoms with Gasteiger partial charge in [-0.2, -0.15) is 0 Å². The molecule has 0 N–H and O–H groups in total. The van der Waals surface area contributed by atoms with Crippen LogP contribution in [-0.4, -0.2) is 11.1 Å². The van der Waals surface area contributed by atoms with Gasteiger partial charge in [0.15, 0.2) is 11.0 Å². The van der Waals surface area contributed by atoms with Crippen molar-refractivity contribution in [2.24, 2.45) is 0 Å². The van der Waals surface area contributed by atoms with Gasteiger partial charge in [0.25, 0.3) is 5.82 Å². The van der Waals surface area contributed by atoms with Crippen molar-refractivity contribution in [1.29, 1.82) is 0 Å². The van der Waals surface area contributed by atoms with Gasteiger partial charge in [-0.25, -0.2) is 9.13 Å². The van der Waals surface area contributed by atoms with Crippen LogP contribution in [0.3, 0.4) is 0 Å². The first kappa shape index (κ1) is 29.7. The molecule has 0 fully saturated rings. The first-order valence-electron chi connectivity index (χ1n) is 14.3. The molecule has 0 amide bonds. The maximum absolute atomic E-state index is 6.53. The van der Waals surface area contributed by atoms with Crippen LogP contribution in [0.15, 0.2) is 103 Å². The molecule has 0 saturated carbocycles. The van der Waals surface area contributed by atoms with E-state index < -0.39 is 0 Å². The van der Waals surface area contributed by atoms with Crippen LogP contribution in [0.25, 0.3) is 17.1 Å². The SMILES string of the molecule is CCN1C(=CC=Cc2n(CC)c3cc(Cl)c(Cl)cc3[n+]2Cc2ccccc2)N(Cc2ccccc2)c2cc(Cl)c(Cl)cc21. The fourth-order valence-electron chi connectivity index (χ4n) is 5.81. The van der Waals surface area contributed by atoms with E-state index in [1.165, 1.54) is 11.1 Å². The van der Waals surface area contributed by atoms with E-state index in [2.05, 4.69) is 99.5 Å². The first-order chi connectivity index (χ1) is 20.9. The third kappa shape index (κ3) is 5.77. The number of allylic oxidation sites excluding steroid dienone is 2. The molecule has 1 aromatic heterocycles. The highest BCUT2D eigenvalue weighted by Crippen LogP contribution is 2.46. The van der Waals surface area contributed by atoms with Gasteiger partial charge in [-0.3, -0.25) is 0 Å². The van der Waals surface area contributed by atoms with Gasteiger partial charge in [0.2, 0.25) is 0 Å². The Morgan fingerprint density at radius 2 is 1.26 bits per heavy atom. The van der Waals surface area contributed by atoms with Crippen LogP contribution >= 0.6 is 46.4 Å². The molecule has 4 nitrogen and oxygen atoms in total. The monoisotopic (exact) mass is 647 g/mol. The Hall–Kier alpha value is -3.41. The summed E-state index contributed by atoms with van der Waals surface area (Å²) in [6.07, 6.45) is 6.45. The molecule has 4 aromatic carbocycles. The number of halogens is 4. The van der Waals surface area contributed by atoms with Crippen LogP contribution in [0.1, 0.15) is 30.8 Å². The third-order valence-electron chi connectivity index (χ3n) is 7.79. The molecular formula is C35H31Cl4N4+. The Bertz CT molecular complexity index is 1850. The second-order valence-electron chi connectivity index (χ2n) is 10.4. The Balaban J connectivity index is 1.47.